The monoisotopic (exact) mass is 354 g/mol. The Balaban J connectivity index is 1.81. The fourth-order valence-electron chi connectivity index (χ4n) is 3.04. The Kier molecular flexibility index (Phi) is 5.39. The number of nitrogen functional groups attached to an aromatic ring is 2. The highest BCUT2D eigenvalue weighted by Gasteiger charge is 2.16. The topological polar surface area (TPSA) is 123 Å². The van der Waals surface area contributed by atoms with E-state index in [4.69, 9.17) is 20.9 Å². The predicted molar refractivity (Wildman–Crippen MR) is 98.7 cm³/mol. The highest BCUT2D eigenvalue weighted by Crippen LogP contribution is 2.34. The molecule has 8 nitrogen and oxygen atoms in total. The number of rotatable bonds is 6. The molecule has 0 unspecified atom stereocenters. The van der Waals surface area contributed by atoms with Crippen LogP contribution in [0.5, 0.6) is 11.5 Å². The van der Waals surface area contributed by atoms with Gasteiger partial charge in [-0.25, -0.2) is 4.98 Å². The van der Waals surface area contributed by atoms with Gasteiger partial charge >= 0.3 is 0 Å². The van der Waals surface area contributed by atoms with Crippen molar-refractivity contribution < 1.29 is 9.47 Å². The largest absolute Gasteiger partial charge is 0.493 e. The number of ether oxygens (including phenoxy) is 2. The number of benzene rings is 1. The van der Waals surface area contributed by atoms with E-state index in [-0.39, 0.29) is 17.3 Å². The van der Waals surface area contributed by atoms with E-state index in [2.05, 4.69) is 14.9 Å². The van der Waals surface area contributed by atoms with Gasteiger partial charge in [0, 0.05) is 12.1 Å². The molecule has 1 aromatic carbocycles. The molecule has 8 heteroatoms. The summed E-state index contributed by atoms with van der Waals surface area (Å²) in [5.74, 6) is 1.27. The van der Waals surface area contributed by atoms with Gasteiger partial charge in [-0.15, -0.1) is 0 Å². The van der Waals surface area contributed by atoms with Crippen molar-refractivity contribution in [3.8, 4) is 28.8 Å². The van der Waals surface area contributed by atoms with Gasteiger partial charge in [0.15, 0.2) is 11.5 Å². The van der Waals surface area contributed by atoms with Crippen molar-refractivity contribution in [2.75, 3.05) is 44.8 Å². The first-order valence-electron chi connectivity index (χ1n) is 8.49. The lowest BCUT2D eigenvalue weighted by Gasteiger charge is -2.16. The molecule has 0 atom stereocenters. The van der Waals surface area contributed by atoms with Crippen LogP contribution in [0.15, 0.2) is 18.2 Å². The van der Waals surface area contributed by atoms with E-state index in [1.165, 1.54) is 12.8 Å². The molecule has 1 fully saturated rings. The summed E-state index contributed by atoms with van der Waals surface area (Å²) >= 11 is 0. The molecular weight excluding hydrogens is 332 g/mol. The van der Waals surface area contributed by atoms with E-state index in [9.17, 15) is 5.26 Å². The van der Waals surface area contributed by atoms with Crippen LogP contribution in [0.2, 0.25) is 0 Å². The molecule has 2 aromatic rings. The summed E-state index contributed by atoms with van der Waals surface area (Å²) in [6.45, 7) is 3.74. The van der Waals surface area contributed by atoms with Gasteiger partial charge in [0.1, 0.15) is 24.1 Å². The fraction of sp³-hybridized carbons (Fsp3) is 0.389. The van der Waals surface area contributed by atoms with Gasteiger partial charge < -0.3 is 20.9 Å². The first-order chi connectivity index (χ1) is 12.6. The van der Waals surface area contributed by atoms with Gasteiger partial charge in [-0.2, -0.15) is 10.2 Å². The van der Waals surface area contributed by atoms with Gasteiger partial charge in [0.05, 0.1) is 12.8 Å². The van der Waals surface area contributed by atoms with Gasteiger partial charge in [-0.1, -0.05) is 0 Å². The van der Waals surface area contributed by atoms with Crippen molar-refractivity contribution in [3.63, 3.8) is 0 Å². The highest BCUT2D eigenvalue weighted by molar-refractivity contribution is 5.74. The van der Waals surface area contributed by atoms with Gasteiger partial charge in [0.25, 0.3) is 0 Å². The maximum absolute atomic E-state index is 9.34. The number of aromatic nitrogens is 2. The van der Waals surface area contributed by atoms with Crippen molar-refractivity contribution in [2.24, 2.45) is 0 Å². The van der Waals surface area contributed by atoms with Gasteiger partial charge in [0.2, 0.25) is 5.95 Å². The standard InChI is InChI=1S/C18H22N6O2/c1-25-15-10-12(16-13(11-19)17(20)23-18(21)22-16)4-5-14(15)26-9-8-24-6-2-3-7-24/h4-5,10H,2-3,6-9H2,1H3,(H4,20,21,22,23). The normalized spacial score (nSPS) is 14.2. The maximum Gasteiger partial charge on any atom is 0.222 e. The van der Waals surface area contributed by atoms with Crippen molar-refractivity contribution >= 4 is 11.8 Å². The third-order valence-electron chi connectivity index (χ3n) is 4.37. The summed E-state index contributed by atoms with van der Waals surface area (Å²) in [7, 11) is 1.57. The number of hydrogen-bond donors (Lipinski definition) is 2. The highest BCUT2D eigenvalue weighted by atomic mass is 16.5. The van der Waals surface area contributed by atoms with E-state index in [0.29, 0.717) is 29.4 Å². The summed E-state index contributed by atoms with van der Waals surface area (Å²) in [5.41, 5.74) is 12.7. The summed E-state index contributed by atoms with van der Waals surface area (Å²) in [4.78, 5) is 10.4. The Morgan fingerprint density at radius 2 is 1.96 bits per heavy atom. The molecule has 26 heavy (non-hydrogen) atoms. The number of anilines is 2. The number of nitrogens with zero attached hydrogens (tertiary/aromatic N) is 4. The summed E-state index contributed by atoms with van der Waals surface area (Å²) < 4.78 is 11.3. The fourth-order valence-corrected chi connectivity index (χ4v) is 3.04. The Labute approximate surface area is 152 Å². The molecule has 0 radical (unpaired) electrons. The molecule has 0 saturated carbocycles. The van der Waals surface area contributed by atoms with Crippen LogP contribution in [0.25, 0.3) is 11.3 Å². The number of methoxy groups -OCH3 is 1. The molecule has 0 aliphatic carbocycles. The third kappa shape index (κ3) is 3.78. The molecule has 2 heterocycles. The second-order valence-electron chi connectivity index (χ2n) is 6.07. The SMILES string of the molecule is COc1cc(-c2nc(N)nc(N)c2C#N)ccc1OCCN1CCCC1. The number of hydrogen-bond acceptors (Lipinski definition) is 8. The molecule has 4 N–H and O–H groups in total. The Bertz CT molecular complexity index is 827. The van der Waals surface area contributed by atoms with E-state index >= 15 is 0 Å². The Morgan fingerprint density at radius 3 is 2.65 bits per heavy atom. The number of nitrogens with two attached hydrogens (primary N) is 2. The minimum absolute atomic E-state index is 0.0152. The number of nitriles is 1. The Hall–Kier alpha value is -3.05. The Morgan fingerprint density at radius 1 is 1.19 bits per heavy atom. The van der Waals surface area contributed by atoms with Crippen molar-refractivity contribution in [2.45, 2.75) is 12.8 Å². The van der Waals surface area contributed by atoms with E-state index in [1.54, 1.807) is 25.3 Å². The summed E-state index contributed by atoms with van der Waals surface area (Å²) in [5, 5.41) is 9.34. The number of likely N-dealkylation sites (tertiary alicyclic amines) is 1. The molecule has 0 bridgehead atoms. The lowest BCUT2D eigenvalue weighted by Crippen LogP contribution is -2.25. The molecule has 1 aromatic heterocycles. The van der Waals surface area contributed by atoms with Crippen LogP contribution in [-0.2, 0) is 0 Å². The van der Waals surface area contributed by atoms with Crippen LogP contribution in [0, 0.1) is 11.3 Å². The van der Waals surface area contributed by atoms with Crippen LogP contribution >= 0.6 is 0 Å². The van der Waals surface area contributed by atoms with Gasteiger partial charge in [-0.05, 0) is 44.1 Å². The molecule has 1 saturated heterocycles. The zero-order valence-electron chi connectivity index (χ0n) is 14.7. The van der Waals surface area contributed by atoms with Crippen molar-refractivity contribution in [3.05, 3.63) is 23.8 Å². The zero-order chi connectivity index (χ0) is 18.5. The average molecular weight is 354 g/mol. The first-order valence-corrected chi connectivity index (χ1v) is 8.49. The lowest BCUT2D eigenvalue weighted by molar-refractivity contribution is 0.230. The quantitative estimate of drug-likeness (QED) is 0.803. The third-order valence-corrected chi connectivity index (χ3v) is 4.37. The molecular formula is C18H22N6O2. The first kappa shape index (κ1) is 17.8. The van der Waals surface area contributed by atoms with Crippen LogP contribution < -0.4 is 20.9 Å². The van der Waals surface area contributed by atoms with E-state index < -0.39 is 0 Å². The minimum atomic E-state index is 0.0152. The maximum atomic E-state index is 9.34. The molecule has 3 rings (SSSR count). The predicted octanol–water partition coefficient (Wildman–Crippen LogP) is 1.66. The molecule has 136 valence electrons. The second kappa shape index (κ2) is 7.89. The van der Waals surface area contributed by atoms with Crippen LogP contribution in [-0.4, -0.2) is 48.2 Å². The van der Waals surface area contributed by atoms with Gasteiger partial charge in [-0.3, -0.25) is 4.90 Å². The average Bonchev–Trinajstić information content (AvgIpc) is 3.15. The van der Waals surface area contributed by atoms with Crippen LogP contribution in [0.1, 0.15) is 18.4 Å². The lowest BCUT2D eigenvalue weighted by atomic mass is 10.1. The van der Waals surface area contributed by atoms with E-state index in [1.807, 2.05) is 6.07 Å². The molecule has 0 spiro atoms. The van der Waals surface area contributed by atoms with Crippen LogP contribution in [0.3, 0.4) is 0 Å². The van der Waals surface area contributed by atoms with E-state index in [0.717, 1.165) is 19.6 Å². The smallest absolute Gasteiger partial charge is 0.222 e. The second-order valence-corrected chi connectivity index (χ2v) is 6.07. The molecule has 0 amide bonds. The molecule has 1 aliphatic heterocycles. The summed E-state index contributed by atoms with van der Waals surface area (Å²) in [6, 6.07) is 7.38. The van der Waals surface area contributed by atoms with Crippen molar-refractivity contribution in [1.29, 1.82) is 5.26 Å². The van der Waals surface area contributed by atoms with Crippen molar-refractivity contribution in [1.82, 2.24) is 14.9 Å². The minimum Gasteiger partial charge on any atom is -0.493 e. The molecule has 1 aliphatic rings. The van der Waals surface area contributed by atoms with Crippen LogP contribution in [0.4, 0.5) is 11.8 Å². The zero-order valence-corrected chi connectivity index (χ0v) is 14.7. The summed E-state index contributed by atoms with van der Waals surface area (Å²) in [6.07, 6.45) is 2.51.